The molecule has 3 aliphatic rings. The lowest BCUT2D eigenvalue weighted by atomic mass is 10.1. The van der Waals surface area contributed by atoms with Crippen LogP contribution in [0.2, 0.25) is 0 Å². The maximum absolute atomic E-state index is 13.2. The minimum atomic E-state index is -4.07. The SMILES string of the molecule is CCNS(=O)(=O)NC(=O)C12CC1C=CCCCCCC(OC(N)=O)C(=O)N1CCCC1C(=O)N2. The largest absolute Gasteiger partial charge is 0.436 e. The molecule has 4 unspecified atom stereocenters. The molecule has 4 atom stereocenters. The molecule has 190 valence electrons. The van der Waals surface area contributed by atoms with Crippen molar-refractivity contribution in [1.82, 2.24) is 19.7 Å². The van der Waals surface area contributed by atoms with Crippen LogP contribution in [0.1, 0.15) is 58.3 Å². The third-order valence-electron chi connectivity index (χ3n) is 6.41. The average Bonchev–Trinajstić information content (AvgIpc) is 3.22. The number of hydrogen-bond donors (Lipinski definition) is 4. The van der Waals surface area contributed by atoms with Crippen molar-refractivity contribution in [3.8, 4) is 0 Å². The maximum Gasteiger partial charge on any atom is 0.405 e. The highest BCUT2D eigenvalue weighted by Gasteiger charge is 2.61. The van der Waals surface area contributed by atoms with Crippen LogP contribution in [0.3, 0.4) is 0 Å². The summed E-state index contributed by atoms with van der Waals surface area (Å²) in [6.45, 7) is 1.98. The first kappa shape index (κ1) is 25.9. The van der Waals surface area contributed by atoms with Crippen LogP contribution in [0.15, 0.2) is 12.2 Å². The molecular formula is C21H33N5O7S. The van der Waals surface area contributed by atoms with Crippen molar-refractivity contribution in [3.05, 3.63) is 12.2 Å². The van der Waals surface area contributed by atoms with Gasteiger partial charge in [0.1, 0.15) is 11.6 Å². The van der Waals surface area contributed by atoms with Gasteiger partial charge in [-0.1, -0.05) is 25.5 Å². The van der Waals surface area contributed by atoms with Gasteiger partial charge in [0.05, 0.1) is 0 Å². The second-order valence-corrected chi connectivity index (χ2v) is 10.4. The summed E-state index contributed by atoms with van der Waals surface area (Å²) in [7, 11) is -4.07. The number of hydrogen-bond acceptors (Lipinski definition) is 7. The lowest BCUT2D eigenvalue weighted by Crippen LogP contribution is -2.58. The second-order valence-electron chi connectivity index (χ2n) is 8.89. The average molecular weight is 500 g/mol. The van der Waals surface area contributed by atoms with E-state index in [0.717, 1.165) is 12.8 Å². The van der Waals surface area contributed by atoms with E-state index in [1.807, 2.05) is 16.9 Å². The highest BCUT2D eigenvalue weighted by atomic mass is 32.2. The third kappa shape index (κ3) is 6.06. The lowest BCUT2D eigenvalue weighted by molar-refractivity contribution is -0.146. The van der Waals surface area contributed by atoms with Gasteiger partial charge in [0, 0.05) is 19.0 Å². The normalized spacial score (nSPS) is 30.3. The molecule has 1 saturated heterocycles. The maximum atomic E-state index is 13.2. The highest BCUT2D eigenvalue weighted by molar-refractivity contribution is 7.88. The molecule has 5 N–H and O–H groups in total. The van der Waals surface area contributed by atoms with Crippen molar-refractivity contribution in [1.29, 1.82) is 0 Å². The van der Waals surface area contributed by atoms with Crippen molar-refractivity contribution in [3.63, 3.8) is 0 Å². The van der Waals surface area contributed by atoms with Gasteiger partial charge >= 0.3 is 16.3 Å². The van der Waals surface area contributed by atoms with E-state index < -0.39 is 51.7 Å². The summed E-state index contributed by atoms with van der Waals surface area (Å²) < 4.78 is 33.4. The summed E-state index contributed by atoms with van der Waals surface area (Å²) in [5, 5.41) is 2.73. The van der Waals surface area contributed by atoms with Crippen LogP contribution in [0.5, 0.6) is 0 Å². The Hall–Kier alpha value is -2.67. The standard InChI is InChI=1S/C21H33N5O7S/c1-2-23-34(31,32)25-19(29)21-13-14(21)9-6-4-3-5-7-11-16(33-20(22)30)18(28)26-12-8-10-15(26)17(27)24-21/h6,9,14-16,23H,2-5,7-8,10-13H2,1H3,(H2,22,30)(H,24,27)(H,25,29). The van der Waals surface area contributed by atoms with Gasteiger partial charge in [0.15, 0.2) is 6.10 Å². The zero-order chi connectivity index (χ0) is 24.9. The van der Waals surface area contributed by atoms with Gasteiger partial charge in [-0.3, -0.25) is 14.4 Å². The molecule has 0 aromatic rings. The predicted octanol–water partition coefficient (Wildman–Crippen LogP) is -0.193. The predicted molar refractivity (Wildman–Crippen MR) is 121 cm³/mol. The summed E-state index contributed by atoms with van der Waals surface area (Å²) in [6.07, 6.45) is 6.03. The fraction of sp³-hybridized carbons (Fsp3) is 0.714. The van der Waals surface area contributed by atoms with Crippen LogP contribution >= 0.6 is 0 Å². The molecule has 0 bridgehead atoms. The molecule has 13 heteroatoms. The number of rotatable bonds is 5. The van der Waals surface area contributed by atoms with Crippen LogP contribution in [0, 0.1) is 5.92 Å². The molecule has 12 nitrogen and oxygen atoms in total. The molecule has 34 heavy (non-hydrogen) atoms. The molecule has 0 radical (unpaired) electrons. The Morgan fingerprint density at radius 1 is 1.24 bits per heavy atom. The molecule has 4 amide bonds. The van der Waals surface area contributed by atoms with E-state index >= 15 is 0 Å². The molecular weight excluding hydrogens is 466 g/mol. The van der Waals surface area contributed by atoms with Crippen LogP contribution in [0.4, 0.5) is 4.79 Å². The number of nitrogens with one attached hydrogen (secondary N) is 3. The van der Waals surface area contributed by atoms with Crippen LogP contribution < -0.4 is 20.5 Å². The molecule has 2 aliphatic heterocycles. The number of amides is 4. The number of ether oxygens (including phenoxy) is 1. The van der Waals surface area contributed by atoms with E-state index in [2.05, 4.69) is 10.0 Å². The van der Waals surface area contributed by atoms with Crippen molar-refractivity contribution in [2.24, 2.45) is 11.7 Å². The Morgan fingerprint density at radius 3 is 2.71 bits per heavy atom. The Labute approximate surface area is 199 Å². The van der Waals surface area contributed by atoms with E-state index in [4.69, 9.17) is 10.5 Å². The quantitative estimate of drug-likeness (QED) is 0.379. The Kier molecular flexibility index (Phi) is 8.18. The van der Waals surface area contributed by atoms with Gasteiger partial charge < -0.3 is 20.7 Å². The fourth-order valence-electron chi connectivity index (χ4n) is 4.61. The molecule has 0 aromatic carbocycles. The third-order valence-corrected chi connectivity index (χ3v) is 7.53. The zero-order valence-corrected chi connectivity index (χ0v) is 20.1. The van der Waals surface area contributed by atoms with E-state index in [-0.39, 0.29) is 18.9 Å². The van der Waals surface area contributed by atoms with Crippen molar-refractivity contribution < 1.29 is 32.3 Å². The molecule has 2 fully saturated rings. The Bertz CT molecular complexity index is 953. The van der Waals surface area contributed by atoms with Gasteiger partial charge in [0.2, 0.25) is 5.91 Å². The lowest BCUT2D eigenvalue weighted by Gasteiger charge is -2.29. The number of allylic oxidation sites excluding steroid dienone is 1. The fourth-order valence-corrected chi connectivity index (χ4v) is 5.49. The summed E-state index contributed by atoms with van der Waals surface area (Å²) in [5.41, 5.74) is 3.74. The monoisotopic (exact) mass is 499 g/mol. The minimum Gasteiger partial charge on any atom is -0.436 e. The Morgan fingerprint density at radius 2 is 2.00 bits per heavy atom. The molecule has 3 rings (SSSR count). The minimum absolute atomic E-state index is 0.0962. The van der Waals surface area contributed by atoms with Crippen molar-refractivity contribution >= 4 is 34.0 Å². The highest BCUT2D eigenvalue weighted by Crippen LogP contribution is 2.45. The molecule has 1 saturated carbocycles. The van der Waals surface area contributed by atoms with Gasteiger partial charge in [-0.15, -0.1) is 0 Å². The summed E-state index contributed by atoms with van der Waals surface area (Å²) in [6, 6.07) is -0.864. The van der Waals surface area contributed by atoms with Gasteiger partial charge in [0.25, 0.3) is 11.8 Å². The number of carbonyl (C=O) groups is 4. The van der Waals surface area contributed by atoms with E-state index in [9.17, 15) is 27.6 Å². The van der Waals surface area contributed by atoms with E-state index in [0.29, 0.717) is 38.6 Å². The Balaban J connectivity index is 1.85. The number of carbonyl (C=O) groups excluding carboxylic acids is 4. The van der Waals surface area contributed by atoms with E-state index in [1.165, 1.54) is 4.90 Å². The van der Waals surface area contributed by atoms with Crippen molar-refractivity contribution in [2.45, 2.75) is 76.0 Å². The van der Waals surface area contributed by atoms with Crippen LogP contribution in [-0.4, -0.2) is 67.9 Å². The van der Waals surface area contributed by atoms with Crippen LogP contribution in [-0.2, 0) is 29.3 Å². The van der Waals surface area contributed by atoms with Crippen LogP contribution in [0.25, 0.3) is 0 Å². The summed E-state index contributed by atoms with van der Waals surface area (Å²) >= 11 is 0. The number of nitrogens with two attached hydrogens (primary N) is 1. The van der Waals surface area contributed by atoms with Gasteiger partial charge in [-0.25, -0.2) is 9.52 Å². The summed E-state index contributed by atoms with van der Waals surface area (Å²) in [4.78, 5) is 52.1. The molecule has 0 spiro atoms. The number of primary amides is 1. The zero-order valence-electron chi connectivity index (χ0n) is 19.2. The first-order valence-corrected chi connectivity index (χ1v) is 13.1. The summed E-state index contributed by atoms with van der Waals surface area (Å²) in [5.74, 6) is -2.24. The first-order valence-electron chi connectivity index (χ1n) is 11.7. The molecule has 2 heterocycles. The first-order chi connectivity index (χ1) is 16.1. The molecule has 0 aromatic heterocycles. The van der Waals surface area contributed by atoms with Gasteiger partial charge in [-0.2, -0.15) is 13.1 Å². The van der Waals surface area contributed by atoms with Gasteiger partial charge in [-0.05, 0) is 44.9 Å². The molecule has 1 aliphatic carbocycles. The second kappa shape index (κ2) is 10.7. The number of nitrogens with zero attached hydrogens (tertiary/aromatic N) is 1. The number of fused-ring (bicyclic) bond motifs is 2. The van der Waals surface area contributed by atoms with Crippen molar-refractivity contribution in [2.75, 3.05) is 13.1 Å². The van der Waals surface area contributed by atoms with E-state index in [1.54, 1.807) is 6.92 Å². The topological polar surface area (TPSA) is 177 Å². The smallest absolute Gasteiger partial charge is 0.405 e.